The van der Waals surface area contributed by atoms with Crippen LogP contribution in [0.25, 0.3) is 5.82 Å². The van der Waals surface area contributed by atoms with Gasteiger partial charge in [-0.2, -0.15) is 5.10 Å². The van der Waals surface area contributed by atoms with E-state index in [2.05, 4.69) is 15.2 Å². The van der Waals surface area contributed by atoms with Gasteiger partial charge in [0.1, 0.15) is 6.33 Å². The van der Waals surface area contributed by atoms with Crippen LogP contribution in [0.1, 0.15) is 5.56 Å². The SMILES string of the molecule is Cc1cnnc(-n2ccnc2)c1. The second-order valence-electron chi connectivity index (χ2n) is 2.56. The van der Waals surface area contributed by atoms with Gasteiger partial charge in [-0.15, -0.1) is 5.10 Å². The highest BCUT2D eigenvalue weighted by molar-refractivity contribution is 5.23. The van der Waals surface area contributed by atoms with Crippen LogP contribution in [-0.2, 0) is 0 Å². The highest BCUT2D eigenvalue weighted by Crippen LogP contribution is 2.02. The first-order chi connectivity index (χ1) is 5.86. The van der Waals surface area contributed by atoms with Crippen LogP contribution in [0.2, 0.25) is 0 Å². The van der Waals surface area contributed by atoms with Crippen molar-refractivity contribution in [3.63, 3.8) is 0 Å². The van der Waals surface area contributed by atoms with Gasteiger partial charge in [-0.3, -0.25) is 4.57 Å². The first-order valence-electron chi connectivity index (χ1n) is 3.64. The van der Waals surface area contributed by atoms with Gasteiger partial charge in [-0.1, -0.05) is 0 Å². The van der Waals surface area contributed by atoms with Crippen LogP contribution in [-0.4, -0.2) is 19.7 Å². The molecule has 0 saturated carbocycles. The zero-order valence-electron chi connectivity index (χ0n) is 6.68. The fraction of sp³-hybridized carbons (Fsp3) is 0.125. The minimum Gasteiger partial charge on any atom is -0.289 e. The molecule has 0 fully saturated rings. The first kappa shape index (κ1) is 6.97. The van der Waals surface area contributed by atoms with E-state index in [9.17, 15) is 0 Å². The van der Waals surface area contributed by atoms with E-state index in [4.69, 9.17) is 0 Å². The minimum absolute atomic E-state index is 0.799. The van der Waals surface area contributed by atoms with Crippen LogP contribution >= 0.6 is 0 Å². The molecule has 4 nitrogen and oxygen atoms in total. The van der Waals surface area contributed by atoms with Crippen LogP contribution in [0.4, 0.5) is 0 Å². The smallest absolute Gasteiger partial charge is 0.160 e. The van der Waals surface area contributed by atoms with Gasteiger partial charge in [-0.25, -0.2) is 4.98 Å². The number of hydrogen-bond donors (Lipinski definition) is 0. The Labute approximate surface area is 69.9 Å². The maximum atomic E-state index is 3.96. The molecule has 4 heteroatoms. The zero-order chi connectivity index (χ0) is 8.39. The average Bonchev–Trinajstić information content (AvgIpc) is 2.56. The molecular formula is C8H8N4. The Morgan fingerprint density at radius 2 is 2.33 bits per heavy atom. The van der Waals surface area contributed by atoms with Gasteiger partial charge in [0, 0.05) is 12.4 Å². The van der Waals surface area contributed by atoms with Gasteiger partial charge in [-0.05, 0) is 18.6 Å². The third-order valence-corrected chi connectivity index (χ3v) is 1.55. The van der Waals surface area contributed by atoms with Crippen molar-refractivity contribution in [3.05, 3.63) is 36.5 Å². The molecule has 2 aromatic rings. The van der Waals surface area contributed by atoms with Gasteiger partial charge < -0.3 is 0 Å². The number of aromatic nitrogens is 4. The lowest BCUT2D eigenvalue weighted by molar-refractivity contribution is 0.904. The Hall–Kier alpha value is -1.71. The molecule has 2 heterocycles. The van der Waals surface area contributed by atoms with E-state index in [0.29, 0.717) is 0 Å². The molecule has 2 rings (SSSR count). The fourth-order valence-corrected chi connectivity index (χ4v) is 0.970. The second-order valence-corrected chi connectivity index (χ2v) is 2.56. The maximum Gasteiger partial charge on any atom is 0.160 e. The summed E-state index contributed by atoms with van der Waals surface area (Å²) in [5.41, 5.74) is 1.09. The topological polar surface area (TPSA) is 43.6 Å². The highest BCUT2D eigenvalue weighted by atomic mass is 15.2. The van der Waals surface area contributed by atoms with Crippen LogP contribution in [0.15, 0.2) is 31.0 Å². The van der Waals surface area contributed by atoms with E-state index in [1.807, 2.05) is 23.8 Å². The predicted octanol–water partition coefficient (Wildman–Crippen LogP) is 0.971. The summed E-state index contributed by atoms with van der Waals surface area (Å²) in [6.07, 6.45) is 6.97. The fourth-order valence-electron chi connectivity index (χ4n) is 0.970. The molecule has 0 aliphatic heterocycles. The molecular weight excluding hydrogens is 152 g/mol. The standard InChI is InChI=1S/C8H8N4/c1-7-4-8(11-10-5-7)12-3-2-9-6-12/h2-6H,1H3. The van der Waals surface area contributed by atoms with Crippen LogP contribution in [0.5, 0.6) is 0 Å². The lowest BCUT2D eigenvalue weighted by atomic mass is 10.3. The van der Waals surface area contributed by atoms with Gasteiger partial charge in [0.2, 0.25) is 0 Å². The van der Waals surface area contributed by atoms with E-state index < -0.39 is 0 Å². The molecule has 0 spiro atoms. The largest absolute Gasteiger partial charge is 0.289 e. The van der Waals surface area contributed by atoms with Crippen molar-refractivity contribution in [1.82, 2.24) is 19.7 Å². The van der Waals surface area contributed by atoms with E-state index in [1.165, 1.54) is 0 Å². The number of rotatable bonds is 1. The lowest BCUT2D eigenvalue weighted by Crippen LogP contribution is -1.96. The molecule has 2 aromatic heterocycles. The van der Waals surface area contributed by atoms with Crippen LogP contribution in [0, 0.1) is 6.92 Å². The Bertz CT molecular complexity index is 366. The van der Waals surface area contributed by atoms with Gasteiger partial charge in [0.15, 0.2) is 5.82 Å². The molecule has 0 radical (unpaired) electrons. The summed E-state index contributed by atoms with van der Waals surface area (Å²) in [6.45, 7) is 1.98. The second kappa shape index (κ2) is 2.73. The number of aryl methyl sites for hydroxylation is 1. The Kier molecular flexibility index (Phi) is 1.59. The average molecular weight is 160 g/mol. The third kappa shape index (κ3) is 1.18. The monoisotopic (exact) mass is 160 g/mol. The summed E-state index contributed by atoms with van der Waals surface area (Å²) in [7, 11) is 0. The molecule has 0 unspecified atom stereocenters. The van der Waals surface area contributed by atoms with Gasteiger partial charge in [0.05, 0.1) is 6.20 Å². The van der Waals surface area contributed by atoms with Gasteiger partial charge >= 0.3 is 0 Å². The molecule has 0 bridgehead atoms. The van der Waals surface area contributed by atoms with Crippen molar-refractivity contribution >= 4 is 0 Å². The molecule has 0 amide bonds. The highest BCUT2D eigenvalue weighted by Gasteiger charge is 1.96. The molecule has 60 valence electrons. The molecule has 0 saturated heterocycles. The first-order valence-corrected chi connectivity index (χ1v) is 3.64. The summed E-state index contributed by atoms with van der Waals surface area (Å²) in [4.78, 5) is 3.92. The molecule has 0 aliphatic carbocycles. The predicted molar refractivity (Wildman–Crippen MR) is 43.9 cm³/mol. The van der Waals surface area contributed by atoms with Crippen LogP contribution < -0.4 is 0 Å². The van der Waals surface area contributed by atoms with Crippen molar-refractivity contribution in [1.29, 1.82) is 0 Å². The summed E-state index contributed by atoms with van der Waals surface area (Å²) in [5.74, 6) is 0.799. The molecule has 0 aliphatic rings. The van der Waals surface area contributed by atoms with Crippen molar-refractivity contribution in [2.75, 3.05) is 0 Å². The summed E-state index contributed by atoms with van der Waals surface area (Å²) in [5, 5.41) is 7.80. The Morgan fingerprint density at radius 1 is 1.42 bits per heavy atom. The van der Waals surface area contributed by atoms with E-state index in [-0.39, 0.29) is 0 Å². The number of nitrogens with zero attached hydrogens (tertiary/aromatic N) is 4. The minimum atomic E-state index is 0.799. The van der Waals surface area contributed by atoms with Crippen molar-refractivity contribution < 1.29 is 0 Å². The summed E-state index contributed by atoms with van der Waals surface area (Å²) >= 11 is 0. The van der Waals surface area contributed by atoms with E-state index in [0.717, 1.165) is 11.4 Å². The molecule has 12 heavy (non-hydrogen) atoms. The molecule has 0 atom stereocenters. The van der Waals surface area contributed by atoms with Crippen molar-refractivity contribution in [2.24, 2.45) is 0 Å². The van der Waals surface area contributed by atoms with Crippen molar-refractivity contribution in [2.45, 2.75) is 6.92 Å². The van der Waals surface area contributed by atoms with Crippen LogP contribution in [0.3, 0.4) is 0 Å². The Morgan fingerprint density at radius 3 is 3.00 bits per heavy atom. The van der Waals surface area contributed by atoms with E-state index >= 15 is 0 Å². The normalized spacial score (nSPS) is 10.1. The number of hydrogen-bond acceptors (Lipinski definition) is 3. The lowest BCUT2D eigenvalue weighted by Gasteiger charge is -1.98. The summed E-state index contributed by atoms with van der Waals surface area (Å²) < 4.78 is 1.82. The molecule has 0 aromatic carbocycles. The van der Waals surface area contributed by atoms with Crippen molar-refractivity contribution in [3.8, 4) is 5.82 Å². The Balaban J connectivity index is 2.48. The quantitative estimate of drug-likeness (QED) is 0.624. The number of imidazole rings is 1. The third-order valence-electron chi connectivity index (χ3n) is 1.55. The van der Waals surface area contributed by atoms with E-state index in [1.54, 1.807) is 18.7 Å². The summed E-state index contributed by atoms with van der Waals surface area (Å²) in [6, 6.07) is 1.95. The maximum absolute atomic E-state index is 3.96. The molecule has 0 N–H and O–H groups in total. The van der Waals surface area contributed by atoms with Gasteiger partial charge in [0.25, 0.3) is 0 Å². The zero-order valence-corrected chi connectivity index (χ0v) is 6.68.